The molecule has 0 aliphatic heterocycles. The van der Waals surface area contributed by atoms with E-state index in [2.05, 4.69) is 32.6 Å². The van der Waals surface area contributed by atoms with Gasteiger partial charge < -0.3 is 19.9 Å². The van der Waals surface area contributed by atoms with Crippen molar-refractivity contribution < 1.29 is 14.2 Å². The SMILES string of the molecule is COCc1nc(-c2cc(OC)cc(OC)c2)nc(N)c1I. The fraction of sp³-hybridized carbons (Fsp3) is 0.286. The normalized spacial score (nSPS) is 10.5. The summed E-state index contributed by atoms with van der Waals surface area (Å²) in [6.07, 6.45) is 0. The molecule has 21 heavy (non-hydrogen) atoms. The molecule has 1 heterocycles. The van der Waals surface area contributed by atoms with Crippen LogP contribution in [0.5, 0.6) is 11.5 Å². The smallest absolute Gasteiger partial charge is 0.162 e. The second kappa shape index (κ2) is 6.90. The molecule has 1 aromatic heterocycles. The topological polar surface area (TPSA) is 79.5 Å². The lowest BCUT2D eigenvalue weighted by Gasteiger charge is -2.11. The van der Waals surface area contributed by atoms with Crippen molar-refractivity contribution in [2.45, 2.75) is 6.61 Å². The molecule has 0 saturated carbocycles. The summed E-state index contributed by atoms with van der Waals surface area (Å²) in [5.41, 5.74) is 7.48. The van der Waals surface area contributed by atoms with E-state index < -0.39 is 0 Å². The first kappa shape index (κ1) is 15.8. The van der Waals surface area contributed by atoms with Gasteiger partial charge in [0.05, 0.1) is 30.1 Å². The minimum Gasteiger partial charge on any atom is -0.497 e. The summed E-state index contributed by atoms with van der Waals surface area (Å²) in [5.74, 6) is 2.27. The summed E-state index contributed by atoms with van der Waals surface area (Å²) in [7, 11) is 4.80. The van der Waals surface area contributed by atoms with Gasteiger partial charge in [-0.2, -0.15) is 0 Å². The van der Waals surface area contributed by atoms with Gasteiger partial charge in [0.25, 0.3) is 0 Å². The van der Waals surface area contributed by atoms with Crippen LogP contribution < -0.4 is 15.2 Å². The van der Waals surface area contributed by atoms with Crippen LogP contribution in [0.15, 0.2) is 18.2 Å². The summed E-state index contributed by atoms with van der Waals surface area (Å²) in [5, 5.41) is 0. The van der Waals surface area contributed by atoms with Crippen LogP contribution in [0, 0.1) is 3.57 Å². The number of benzene rings is 1. The van der Waals surface area contributed by atoms with Crippen molar-refractivity contribution in [2.24, 2.45) is 0 Å². The van der Waals surface area contributed by atoms with Gasteiger partial charge in [-0.1, -0.05) is 0 Å². The second-order valence-corrected chi connectivity index (χ2v) is 5.31. The molecule has 2 rings (SSSR count). The van der Waals surface area contributed by atoms with E-state index in [9.17, 15) is 0 Å². The van der Waals surface area contributed by atoms with Gasteiger partial charge in [0.2, 0.25) is 0 Å². The van der Waals surface area contributed by atoms with Crippen molar-refractivity contribution in [1.82, 2.24) is 9.97 Å². The van der Waals surface area contributed by atoms with Gasteiger partial charge in [-0.15, -0.1) is 0 Å². The van der Waals surface area contributed by atoms with E-state index in [1.807, 2.05) is 12.1 Å². The molecule has 2 N–H and O–H groups in total. The van der Waals surface area contributed by atoms with Crippen LogP contribution in [0.3, 0.4) is 0 Å². The number of nitrogen functional groups attached to an aromatic ring is 1. The monoisotopic (exact) mass is 401 g/mol. The van der Waals surface area contributed by atoms with E-state index in [-0.39, 0.29) is 0 Å². The predicted octanol–water partition coefficient (Wildman–Crippen LogP) is 2.49. The Morgan fingerprint density at radius 1 is 1.05 bits per heavy atom. The summed E-state index contributed by atoms with van der Waals surface area (Å²) >= 11 is 2.11. The highest BCUT2D eigenvalue weighted by atomic mass is 127. The van der Waals surface area contributed by atoms with E-state index in [1.54, 1.807) is 27.4 Å². The lowest BCUT2D eigenvalue weighted by atomic mass is 10.2. The van der Waals surface area contributed by atoms with Crippen molar-refractivity contribution in [1.29, 1.82) is 0 Å². The lowest BCUT2D eigenvalue weighted by molar-refractivity contribution is 0.181. The lowest BCUT2D eigenvalue weighted by Crippen LogP contribution is -2.06. The van der Waals surface area contributed by atoms with Crippen LogP contribution in [0.4, 0.5) is 5.82 Å². The first-order valence-corrected chi connectivity index (χ1v) is 7.21. The maximum atomic E-state index is 5.95. The molecule has 0 saturated heterocycles. The zero-order valence-corrected chi connectivity index (χ0v) is 14.2. The van der Waals surface area contributed by atoms with Gasteiger partial charge in [0.1, 0.15) is 17.3 Å². The Kier molecular flexibility index (Phi) is 5.18. The van der Waals surface area contributed by atoms with Gasteiger partial charge in [-0.25, -0.2) is 9.97 Å². The fourth-order valence-electron chi connectivity index (χ4n) is 1.81. The molecule has 0 atom stereocenters. The number of hydrogen-bond acceptors (Lipinski definition) is 6. The summed E-state index contributed by atoms with van der Waals surface area (Å²) in [6, 6.07) is 5.46. The van der Waals surface area contributed by atoms with Crippen LogP contribution in [0.25, 0.3) is 11.4 Å². The van der Waals surface area contributed by atoms with Crippen LogP contribution in [0.1, 0.15) is 5.69 Å². The molecule has 0 bridgehead atoms. The molecule has 0 spiro atoms. The number of hydrogen-bond donors (Lipinski definition) is 1. The zero-order valence-electron chi connectivity index (χ0n) is 12.0. The van der Waals surface area contributed by atoms with Crippen molar-refractivity contribution in [3.63, 3.8) is 0 Å². The molecular weight excluding hydrogens is 385 g/mol. The Morgan fingerprint density at radius 2 is 1.67 bits per heavy atom. The van der Waals surface area contributed by atoms with Crippen molar-refractivity contribution in [3.8, 4) is 22.9 Å². The quantitative estimate of drug-likeness (QED) is 0.776. The summed E-state index contributed by atoms with van der Waals surface area (Å²) in [6.45, 7) is 0.374. The average Bonchev–Trinajstić information content (AvgIpc) is 2.51. The maximum absolute atomic E-state index is 5.95. The number of ether oxygens (including phenoxy) is 3. The van der Waals surface area contributed by atoms with Gasteiger partial charge >= 0.3 is 0 Å². The third-order valence-corrected chi connectivity index (χ3v) is 4.01. The summed E-state index contributed by atoms with van der Waals surface area (Å²) < 4.78 is 16.5. The van der Waals surface area contributed by atoms with Gasteiger partial charge in [-0.05, 0) is 34.7 Å². The highest BCUT2D eigenvalue weighted by Crippen LogP contribution is 2.29. The van der Waals surface area contributed by atoms with E-state index >= 15 is 0 Å². The number of nitrogens with zero attached hydrogens (tertiary/aromatic N) is 2. The molecule has 2 aromatic rings. The van der Waals surface area contributed by atoms with Gasteiger partial charge in [-0.3, -0.25) is 0 Å². The number of aromatic nitrogens is 2. The highest BCUT2D eigenvalue weighted by Gasteiger charge is 2.13. The standard InChI is InChI=1S/C14H16IN3O3/c1-19-7-11-12(15)13(16)18-14(17-11)8-4-9(20-2)6-10(5-8)21-3/h4-6H,7H2,1-3H3,(H2,16,17,18). The van der Waals surface area contributed by atoms with Crippen LogP contribution in [0.2, 0.25) is 0 Å². The van der Waals surface area contributed by atoms with Crippen LogP contribution in [-0.2, 0) is 11.3 Å². The van der Waals surface area contributed by atoms with Crippen molar-refractivity contribution >= 4 is 28.4 Å². The number of rotatable bonds is 5. The van der Waals surface area contributed by atoms with E-state index in [0.717, 1.165) is 14.8 Å². The van der Waals surface area contributed by atoms with E-state index in [0.29, 0.717) is 29.7 Å². The second-order valence-electron chi connectivity index (χ2n) is 4.23. The number of anilines is 1. The molecule has 0 aliphatic carbocycles. The minimum absolute atomic E-state index is 0.374. The Hall–Kier alpha value is -1.61. The molecule has 0 fully saturated rings. The van der Waals surface area contributed by atoms with Crippen LogP contribution >= 0.6 is 22.6 Å². The Labute approximate surface area is 136 Å². The Balaban J connectivity index is 2.55. The largest absolute Gasteiger partial charge is 0.497 e. The Bertz CT molecular complexity index is 627. The molecular formula is C14H16IN3O3. The molecule has 112 valence electrons. The predicted molar refractivity (Wildman–Crippen MR) is 88.4 cm³/mol. The zero-order chi connectivity index (χ0) is 15.4. The first-order chi connectivity index (χ1) is 10.1. The minimum atomic E-state index is 0.374. The van der Waals surface area contributed by atoms with Crippen molar-refractivity contribution in [3.05, 3.63) is 27.5 Å². The van der Waals surface area contributed by atoms with Crippen LogP contribution in [-0.4, -0.2) is 31.3 Å². The molecule has 7 heteroatoms. The van der Waals surface area contributed by atoms with E-state index in [4.69, 9.17) is 19.9 Å². The summed E-state index contributed by atoms with van der Waals surface area (Å²) in [4.78, 5) is 8.84. The molecule has 0 aliphatic rings. The highest BCUT2D eigenvalue weighted by molar-refractivity contribution is 14.1. The number of nitrogens with two attached hydrogens (primary N) is 1. The molecule has 0 radical (unpaired) electrons. The van der Waals surface area contributed by atoms with Gasteiger partial charge in [0.15, 0.2) is 5.82 Å². The third kappa shape index (κ3) is 3.53. The molecule has 6 nitrogen and oxygen atoms in total. The number of methoxy groups -OCH3 is 3. The molecule has 0 amide bonds. The first-order valence-electron chi connectivity index (χ1n) is 6.13. The number of halogens is 1. The van der Waals surface area contributed by atoms with Gasteiger partial charge in [0, 0.05) is 18.7 Å². The molecule has 0 unspecified atom stereocenters. The fourth-order valence-corrected chi connectivity index (χ4v) is 2.21. The molecule has 1 aromatic carbocycles. The average molecular weight is 401 g/mol. The maximum Gasteiger partial charge on any atom is 0.162 e. The Morgan fingerprint density at radius 3 is 2.19 bits per heavy atom. The van der Waals surface area contributed by atoms with Crippen molar-refractivity contribution in [2.75, 3.05) is 27.1 Å². The third-order valence-electron chi connectivity index (χ3n) is 2.84. The van der Waals surface area contributed by atoms with E-state index in [1.165, 1.54) is 0 Å².